The third kappa shape index (κ3) is 1.58. The number of amides is 1. The molecule has 2 aliphatic rings. The first-order valence-electron chi connectivity index (χ1n) is 5.62. The summed E-state index contributed by atoms with van der Waals surface area (Å²) in [6.07, 6.45) is 4.76. The van der Waals surface area contributed by atoms with Crippen LogP contribution in [0.4, 0.5) is 0 Å². The summed E-state index contributed by atoms with van der Waals surface area (Å²) in [7, 11) is 0. The van der Waals surface area contributed by atoms with Gasteiger partial charge in [-0.05, 0) is 24.1 Å². The van der Waals surface area contributed by atoms with Crippen molar-refractivity contribution in [1.82, 2.24) is 5.06 Å². The zero-order valence-electron chi connectivity index (χ0n) is 9.08. The van der Waals surface area contributed by atoms with Crippen LogP contribution in [-0.2, 0) is 4.79 Å². The molecule has 0 spiro atoms. The van der Waals surface area contributed by atoms with E-state index in [1.807, 2.05) is 24.3 Å². The number of benzene rings is 1. The Labute approximate surface area is 104 Å². The topological polar surface area (TPSA) is 40.5 Å². The Morgan fingerprint density at radius 1 is 1.29 bits per heavy atom. The second-order valence-electron chi connectivity index (χ2n) is 4.53. The van der Waals surface area contributed by atoms with Crippen molar-refractivity contribution in [3.05, 3.63) is 47.0 Å². The van der Waals surface area contributed by atoms with Gasteiger partial charge >= 0.3 is 0 Å². The fraction of sp³-hybridized carbons (Fsp3) is 0.308. The minimum atomic E-state index is -0.253. The zero-order valence-corrected chi connectivity index (χ0v) is 9.84. The highest BCUT2D eigenvalue weighted by Gasteiger charge is 2.48. The van der Waals surface area contributed by atoms with Crippen molar-refractivity contribution >= 4 is 17.5 Å². The number of hydrogen-bond donors (Lipinski definition) is 1. The molecule has 3 atom stereocenters. The number of allylic oxidation sites excluding steroid dienone is 1. The van der Waals surface area contributed by atoms with E-state index < -0.39 is 0 Å². The maximum atomic E-state index is 12.0. The van der Waals surface area contributed by atoms with E-state index in [0.717, 1.165) is 17.0 Å². The molecular formula is C13H12ClNO2. The van der Waals surface area contributed by atoms with Gasteiger partial charge in [-0.15, -0.1) is 0 Å². The lowest BCUT2D eigenvalue weighted by Crippen LogP contribution is -2.28. The Morgan fingerprint density at radius 2 is 2.00 bits per heavy atom. The van der Waals surface area contributed by atoms with Crippen LogP contribution in [0.25, 0.3) is 0 Å². The van der Waals surface area contributed by atoms with Crippen LogP contribution in [0.15, 0.2) is 36.4 Å². The van der Waals surface area contributed by atoms with Gasteiger partial charge in [-0.25, -0.2) is 5.06 Å². The Morgan fingerprint density at radius 3 is 2.71 bits per heavy atom. The summed E-state index contributed by atoms with van der Waals surface area (Å²) in [6, 6.07) is 7.12. The molecule has 1 heterocycles. The summed E-state index contributed by atoms with van der Waals surface area (Å²) in [6.45, 7) is 0. The lowest BCUT2D eigenvalue weighted by molar-refractivity contribution is -0.163. The Balaban J connectivity index is 1.98. The van der Waals surface area contributed by atoms with Crippen molar-refractivity contribution in [3.8, 4) is 0 Å². The number of carbonyl (C=O) groups is 1. The van der Waals surface area contributed by atoms with Crippen LogP contribution in [0.5, 0.6) is 0 Å². The molecule has 0 saturated carbocycles. The molecule has 1 N–H and O–H groups in total. The van der Waals surface area contributed by atoms with Gasteiger partial charge in [-0.3, -0.25) is 10.0 Å². The Kier molecular flexibility index (Phi) is 2.45. The summed E-state index contributed by atoms with van der Waals surface area (Å²) in [5, 5.41) is 11.3. The van der Waals surface area contributed by atoms with E-state index >= 15 is 0 Å². The van der Waals surface area contributed by atoms with Crippen molar-refractivity contribution in [2.45, 2.75) is 18.4 Å². The van der Waals surface area contributed by atoms with Crippen LogP contribution in [0.2, 0.25) is 5.02 Å². The van der Waals surface area contributed by atoms with Gasteiger partial charge in [0, 0.05) is 10.9 Å². The number of carbonyl (C=O) groups excluding carboxylic acids is 1. The number of halogens is 1. The SMILES string of the molecule is O=C1[C@@H](c2ccc(Cl)cc2)[C@H]2CC=C[C@H]2N1O. The molecule has 17 heavy (non-hydrogen) atoms. The highest BCUT2D eigenvalue weighted by molar-refractivity contribution is 6.30. The fourth-order valence-corrected chi connectivity index (χ4v) is 2.91. The van der Waals surface area contributed by atoms with E-state index in [4.69, 9.17) is 11.6 Å². The van der Waals surface area contributed by atoms with Crippen molar-refractivity contribution in [3.63, 3.8) is 0 Å². The predicted molar refractivity (Wildman–Crippen MR) is 63.9 cm³/mol. The molecule has 3 nitrogen and oxygen atoms in total. The zero-order chi connectivity index (χ0) is 12.0. The van der Waals surface area contributed by atoms with Gasteiger partial charge < -0.3 is 0 Å². The summed E-state index contributed by atoms with van der Waals surface area (Å²) in [5.41, 5.74) is 0.926. The molecule has 4 heteroatoms. The van der Waals surface area contributed by atoms with Crippen molar-refractivity contribution < 1.29 is 10.0 Å². The Bertz CT molecular complexity index is 483. The number of hydroxylamine groups is 2. The molecule has 0 aromatic heterocycles. The van der Waals surface area contributed by atoms with E-state index in [2.05, 4.69) is 0 Å². The molecule has 1 saturated heterocycles. The number of hydrogen-bond acceptors (Lipinski definition) is 2. The van der Waals surface area contributed by atoms with E-state index in [0.29, 0.717) is 5.02 Å². The molecule has 1 aromatic rings. The molecule has 0 unspecified atom stereocenters. The average molecular weight is 250 g/mol. The van der Waals surface area contributed by atoms with Gasteiger partial charge in [-0.1, -0.05) is 35.9 Å². The summed E-state index contributed by atoms with van der Waals surface area (Å²) in [4.78, 5) is 12.0. The maximum Gasteiger partial charge on any atom is 0.254 e. The highest BCUT2D eigenvalue weighted by Crippen LogP contribution is 2.43. The monoisotopic (exact) mass is 249 g/mol. The molecular weight excluding hydrogens is 238 g/mol. The molecule has 1 aromatic carbocycles. The van der Waals surface area contributed by atoms with Gasteiger partial charge in [-0.2, -0.15) is 0 Å². The second-order valence-corrected chi connectivity index (χ2v) is 4.97. The molecule has 0 radical (unpaired) electrons. The normalized spacial score (nSPS) is 31.1. The molecule has 1 amide bonds. The van der Waals surface area contributed by atoms with Crippen LogP contribution in [0.1, 0.15) is 17.9 Å². The van der Waals surface area contributed by atoms with Crippen molar-refractivity contribution in [2.24, 2.45) is 5.92 Å². The second kappa shape index (κ2) is 3.86. The quantitative estimate of drug-likeness (QED) is 0.614. The molecule has 88 valence electrons. The van der Waals surface area contributed by atoms with Crippen molar-refractivity contribution in [2.75, 3.05) is 0 Å². The van der Waals surface area contributed by atoms with Gasteiger partial charge in [0.1, 0.15) is 0 Å². The van der Waals surface area contributed by atoms with Gasteiger partial charge in [0.2, 0.25) is 0 Å². The first-order valence-corrected chi connectivity index (χ1v) is 6.00. The predicted octanol–water partition coefficient (Wildman–Crippen LogP) is 2.60. The maximum absolute atomic E-state index is 12.0. The lowest BCUT2D eigenvalue weighted by atomic mass is 9.85. The fourth-order valence-electron chi connectivity index (χ4n) is 2.79. The van der Waals surface area contributed by atoms with Crippen LogP contribution in [0, 0.1) is 5.92 Å². The van der Waals surface area contributed by atoms with E-state index in [1.54, 1.807) is 12.1 Å². The highest BCUT2D eigenvalue weighted by atomic mass is 35.5. The largest absolute Gasteiger partial charge is 0.285 e. The smallest absolute Gasteiger partial charge is 0.254 e. The third-order valence-electron chi connectivity index (χ3n) is 3.61. The minimum Gasteiger partial charge on any atom is -0.285 e. The molecule has 1 aliphatic carbocycles. The van der Waals surface area contributed by atoms with E-state index in [9.17, 15) is 10.0 Å². The lowest BCUT2D eigenvalue weighted by Gasteiger charge is -2.15. The van der Waals surface area contributed by atoms with Gasteiger partial charge in [0.25, 0.3) is 5.91 Å². The molecule has 1 fully saturated rings. The summed E-state index contributed by atoms with van der Waals surface area (Å²) in [5.74, 6) is -0.322. The molecule has 3 rings (SSSR count). The van der Waals surface area contributed by atoms with E-state index in [-0.39, 0.29) is 23.8 Å². The van der Waals surface area contributed by atoms with Gasteiger partial charge in [0.15, 0.2) is 0 Å². The molecule has 0 bridgehead atoms. The van der Waals surface area contributed by atoms with Crippen LogP contribution in [0.3, 0.4) is 0 Å². The average Bonchev–Trinajstić information content (AvgIpc) is 2.87. The number of nitrogens with zero attached hydrogens (tertiary/aromatic N) is 1. The van der Waals surface area contributed by atoms with Crippen LogP contribution >= 0.6 is 11.6 Å². The number of fused-ring (bicyclic) bond motifs is 1. The first kappa shape index (κ1) is 10.8. The number of rotatable bonds is 1. The first-order chi connectivity index (χ1) is 8.18. The van der Waals surface area contributed by atoms with Crippen molar-refractivity contribution in [1.29, 1.82) is 0 Å². The summed E-state index contributed by atoms with van der Waals surface area (Å²) < 4.78 is 0. The van der Waals surface area contributed by atoms with Crippen LogP contribution in [-0.4, -0.2) is 22.2 Å². The van der Waals surface area contributed by atoms with Crippen LogP contribution < -0.4 is 0 Å². The minimum absolute atomic E-state index is 0.147. The molecule has 1 aliphatic heterocycles. The van der Waals surface area contributed by atoms with E-state index in [1.165, 1.54) is 0 Å². The Hall–Kier alpha value is -1.32. The third-order valence-corrected chi connectivity index (χ3v) is 3.86. The standard InChI is InChI=1S/C13H12ClNO2/c14-9-6-4-8(5-7-9)12-10-2-1-3-11(10)15(17)13(12)16/h1,3-7,10-12,17H,2H2/t10-,11+,12-/m0/s1. The summed E-state index contributed by atoms with van der Waals surface area (Å²) >= 11 is 5.84. The van der Waals surface area contributed by atoms with Gasteiger partial charge in [0.05, 0.1) is 12.0 Å².